The third-order valence-corrected chi connectivity index (χ3v) is 3.64. The summed E-state index contributed by atoms with van der Waals surface area (Å²) in [5.41, 5.74) is 1.32. The fourth-order valence-electron chi connectivity index (χ4n) is 1.79. The molecule has 0 saturated carbocycles. The fraction of sp³-hybridized carbons (Fsp3) is 0.700. The number of aromatic nitrogens is 2. The van der Waals surface area contributed by atoms with Crippen molar-refractivity contribution in [1.82, 2.24) is 14.9 Å². The van der Waals surface area contributed by atoms with E-state index in [0.717, 1.165) is 31.8 Å². The minimum atomic E-state index is -0.678. The Morgan fingerprint density at radius 3 is 3.07 bits per heavy atom. The van der Waals surface area contributed by atoms with E-state index in [2.05, 4.69) is 14.9 Å². The highest BCUT2D eigenvalue weighted by Gasteiger charge is 2.21. The van der Waals surface area contributed by atoms with E-state index in [0.29, 0.717) is 5.92 Å². The van der Waals surface area contributed by atoms with Crippen molar-refractivity contribution >= 4 is 10.8 Å². The zero-order valence-corrected chi connectivity index (χ0v) is 9.80. The Labute approximate surface area is 92.5 Å². The minimum Gasteiger partial charge on any atom is -0.334 e. The Hall–Kier alpha value is -0.680. The van der Waals surface area contributed by atoms with Crippen LogP contribution in [0.3, 0.4) is 0 Å². The van der Waals surface area contributed by atoms with E-state index < -0.39 is 10.8 Å². The molecule has 4 nitrogen and oxygen atoms in total. The summed E-state index contributed by atoms with van der Waals surface area (Å²) < 4.78 is 13.1. The first-order chi connectivity index (χ1) is 7.27. The highest BCUT2D eigenvalue weighted by atomic mass is 32.2. The summed E-state index contributed by atoms with van der Waals surface area (Å²) in [7, 11) is -0.678. The van der Waals surface area contributed by atoms with Crippen LogP contribution < -0.4 is 5.32 Å². The SMILES string of the molecule is CS(=O)CCCn1cncc1C1CNC1. The van der Waals surface area contributed by atoms with Gasteiger partial charge in [0, 0.05) is 60.3 Å². The quantitative estimate of drug-likeness (QED) is 0.789. The largest absolute Gasteiger partial charge is 0.334 e. The second kappa shape index (κ2) is 4.90. The van der Waals surface area contributed by atoms with Crippen molar-refractivity contribution in [2.24, 2.45) is 0 Å². The second-order valence-corrected chi connectivity index (χ2v) is 5.55. The molecule has 84 valence electrons. The van der Waals surface area contributed by atoms with Gasteiger partial charge in [-0.2, -0.15) is 0 Å². The Bertz CT molecular complexity index is 346. The van der Waals surface area contributed by atoms with Gasteiger partial charge in [-0.05, 0) is 6.42 Å². The zero-order valence-electron chi connectivity index (χ0n) is 8.98. The molecule has 0 radical (unpaired) electrons. The van der Waals surface area contributed by atoms with Gasteiger partial charge >= 0.3 is 0 Å². The molecule has 1 N–H and O–H groups in total. The van der Waals surface area contributed by atoms with Crippen LogP contribution in [0, 0.1) is 0 Å². The molecule has 2 heterocycles. The van der Waals surface area contributed by atoms with E-state index in [1.807, 2.05) is 12.5 Å². The summed E-state index contributed by atoms with van der Waals surface area (Å²) in [5.74, 6) is 1.40. The lowest BCUT2D eigenvalue weighted by atomic mass is 10.00. The molecule has 0 bridgehead atoms. The summed E-state index contributed by atoms with van der Waals surface area (Å²) in [6.45, 7) is 3.06. The lowest BCUT2D eigenvalue weighted by Gasteiger charge is -2.27. The number of hydrogen-bond acceptors (Lipinski definition) is 3. The molecular weight excluding hydrogens is 210 g/mol. The molecule has 1 saturated heterocycles. The normalized spacial score (nSPS) is 18.7. The first-order valence-corrected chi connectivity index (χ1v) is 7.01. The molecule has 0 aliphatic carbocycles. The topological polar surface area (TPSA) is 46.9 Å². The molecule has 2 rings (SSSR count). The van der Waals surface area contributed by atoms with Gasteiger partial charge < -0.3 is 9.88 Å². The van der Waals surface area contributed by atoms with Gasteiger partial charge in [0.25, 0.3) is 0 Å². The molecule has 1 aromatic rings. The number of imidazole rings is 1. The summed E-state index contributed by atoms with van der Waals surface area (Å²) in [6, 6.07) is 0. The molecule has 15 heavy (non-hydrogen) atoms. The van der Waals surface area contributed by atoms with Crippen LogP contribution in [0.4, 0.5) is 0 Å². The molecule has 1 fully saturated rings. The lowest BCUT2D eigenvalue weighted by molar-refractivity contribution is 0.423. The van der Waals surface area contributed by atoms with E-state index in [1.165, 1.54) is 5.69 Å². The van der Waals surface area contributed by atoms with E-state index in [1.54, 1.807) is 6.26 Å². The molecule has 5 heteroatoms. The van der Waals surface area contributed by atoms with Crippen molar-refractivity contribution in [1.29, 1.82) is 0 Å². The Kier molecular flexibility index (Phi) is 3.53. The number of nitrogens with zero attached hydrogens (tertiary/aromatic N) is 2. The monoisotopic (exact) mass is 227 g/mol. The smallest absolute Gasteiger partial charge is 0.0948 e. The molecule has 1 unspecified atom stereocenters. The van der Waals surface area contributed by atoms with Gasteiger partial charge in [-0.3, -0.25) is 4.21 Å². The van der Waals surface area contributed by atoms with Crippen LogP contribution in [-0.4, -0.2) is 38.9 Å². The minimum absolute atomic E-state index is 0.625. The van der Waals surface area contributed by atoms with Gasteiger partial charge in [0.15, 0.2) is 0 Å². The Morgan fingerprint density at radius 1 is 1.67 bits per heavy atom. The van der Waals surface area contributed by atoms with Gasteiger partial charge in [-0.1, -0.05) is 0 Å². The maximum Gasteiger partial charge on any atom is 0.0948 e. The van der Waals surface area contributed by atoms with Crippen molar-refractivity contribution in [3.8, 4) is 0 Å². The maximum atomic E-state index is 10.9. The summed E-state index contributed by atoms with van der Waals surface area (Å²) >= 11 is 0. The van der Waals surface area contributed by atoms with Crippen molar-refractivity contribution in [3.05, 3.63) is 18.2 Å². The van der Waals surface area contributed by atoms with E-state index in [-0.39, 0.29) is 0 Å². The standard InChI is InChI=1S/C10H17N3OS/c1-15(14)4-2-3-13-8-12-7-10(13)9-5-11-6-9/h7-9,11H,2-6H2,1H3. The van der Waals surface area contributed by atoms with E-state index >= 15 is 0 Å². The van der Waals surface area contributed by atoms with E-state index in [4.69, 9.17) is 0 Å². The molecule has 1 aliphatic rings. The molecule has 1 atom stereocenters. The number of nitrogens with one attached hydrogen (secondary N) is 1. The Morgan fingerprint density at radius 2 is 2.47 bits per heavy atom. The van der Waals surface area contributed by atoms with Gasteiger partial charge in [0.2, 0.25) is 0 Å². The predicted octanol–water partition coefficient (Wildman–Crippen LogP) is 0.339. The van der Waals surface area contributed by atoms with Crippen molar-refractivity contribution in [2.75, 3.05) is 25.1 Å². The highest BCUT2D eigenvalue weighted by Crippen LogP contribution is 2.19. The Balaban J connectivity index is 1.89. The molecule has 0 spiro atoms. The van der Waals surface area contributed by atoms with E-state index in [9.17, 15) is 4.21 Å². The third-order valence-electron chi connectivity index (χ3n) is 2.78. The summed E-state index contributed by atoms with van der Waals surface area (Å²) in [5, 5.41) is 3.26. The number of hydrogen-bond donors (Lipinski definition) is 1. The van der Waals surface area contributed by atoms with Crippen LogP contribution in [0.2, 0.25) is 0 Å². The molecular formula is C10H17N3OS. The molecule has 1 aromatic heterocycles. The lowest BCUT2D eigenvalue weighted by Crippen LogP contribution is -2.40. The van der Waals surface area contributed by atoms with Crippen molar-refractivity contribution < 1.29 is 4.21 Å². The fourth-order valence-corrected chi connectivity index (χ4v) is 2.33. The van der Waals surface area contributed by atoms with Crippen LogP contribution in [0.25, 0.3) is 0 Å². The van der Waals surface area contributed by atoms with Crippen molar-refractivity contribution in [2.45, 2.75) is 18.9 Å². The third kappa shape index (κ3) is 2.66. The van der Waals surface area contributed by atoms with Gasteiger partial charge in [0.05, 0.1) is 6.33 Å². The van der Waals surface area contributed by atoms with Crippen LogP contribution >= 0.6 is 0 Å². The predicted molar refractivity (Wildman–Crippen MR) is 61.4 cm³/mol. The van der Waals surface area contributed by atoms with Crippen LogP contribution in [0.1, 0.15) is 18.0 Å². The van der Waals surface area contributed by atoms with Crippen LogP contribution in [-0.2, 0) is 17.3 Å². The summed E-state index contributed by atoms with van der Waals surface area (Å²) in [6.07, 6.45) is 6.55. The highest BCUT2D eigenvalue weighted by molar-refractivity contribution is 7.84. The molecule has 1 aliphatic heterocycles. The van der Waals surface area contributed by atoms with Crippen LogP contribution in [0.15, 0.2) is 12.5 Å². The second-order valence-electron chi connectivity index (χ2n) is 4.00. The van der Waals surface area contributed by atoms with Gasteiger partial charge in [0.1, 0.15) is 0 Å². The number of aryl methyl sites for hydroxylation is 1. The average molecular weight is 227 g/mol. The van der Waals surface area contributed by atoms with Gasteiger partial charge in [-0.25, -0.2) is 4.98 Å². The van der Waals surface area contributed by atoms with Crippen LogP contribution in [0.5, 0.6) is 0 Å². The maximum absolute atomic E-state index is 10.9. The summed E-state index contributed by atoms with van der Waals surface area (Å²) in [4.78, 5) is 4.18. The first-order valence-electron chi connectivity index (χ1n) is 5.28. The first kappa shape index (κ1) is 10.8. The van der Waals surface area contributed by atoms with Crippen molar-refractivity contribution in [3.63, 3.8) is 0 Å². The molecule has 0 aromatic carbocycles. The molecule has 0 amide bonds. The number of rotatable bonds is 5. The zero-order chi connectivity index (χ0) is 10.7. The average Bonchev–Trinajstić information content (AvgIpc) is 2.50. The van der Waals surface area contributed by atoms with Gasteiger partial charge in [-0.15, -0.1) is 0 Å².